The summed E-state index contributed by atoms with van der Waals surface area (Å²) < 4.78 is 38.2. The zero-order valence-corrected chi connectivity index (χ0v) is 13.9. The van der Waals surface area contributed by atoms with Crippen LogP contribution < -0.4 is 0 Å². The number of aryl methyl sites for hydroxylation is 2. The zero-order valence-electron chi connectivity index (χ0n) is 13.9. The first-order chi connectivity index (χ1) is 11.7. The van der Waals surface area contributed by atoms with Crippen LogP contribution in [0.25, 0.3) is 0 Å². The number of piperidine rings is 1. The van der Waals surface area contributed by atoms with E-state index in [4.69, 9.17) is 0 Å². The number of aromatic nitrogens is 4. The minimum Gasteiger partial charge on any atom is -0.338 e. The molecule has 0 radical (unpaired) electrons. The Labute approximate surface area is 142 Å². The highest BCUT2D eigenvalue weighted by Crippen LogP contribution is 2.31. The maximum absolute atomic E-state index is 12.7. The lowest BCUT2D eigenvalue weighted by atomic mass is 9.97. The molecule has 1 fully saturated rings. The topological polar surface area (TPSA) is 74.8 Å². The van der Waals surface area contributed by atoms with E-state index in [9.17, 15) is 18.0 Å². The van der Waals surface area contributed by atoms with Gasteiger partial charge in [-0.3, -0.25) is 4.79 Å². The highest BCUT2D eigenvalue weighted by atomic mass is 19.4. The second-order valence-electron chi connectivity index (χ2n) is 6.21. The van der Waals surface area contributed by atoms with Crippen molar-refractivity contribution in [1.82, 2.24) is 24.8 Å². The summed E-state index contributed by atoms with van der Waals surface area (Å²) in [4.78, 5) is 28.8. The molecule has 0 saturated carbocycles. The SMILES string of the molecule is Cc1cc(C(=O)N2CCCC(c3ncc(C(F)(F)F)[nH]3)C2)nc(C)n1. The fourth-order valence-electron chi connectivity index (χ4n) is 3.06. The van der Waals surface area contributed by atoms with Gasteiger partial charge in [0.2, 0.25) is 0 Å². The minimum atomic E-state index is -4.45. The van der Waals surface area contributed by atoms with Gasteiger partial charge in [-0.25, -0.2) is 15.0 Å². The van der Waals surface area contributed by atoms with Gasteiger partial charge in [0.15, 0.2) is 0 Å². The molecule has 3 heterocycles. The van der Waals surface area contributed by atoms with Crippen LogP contribution in [0.5, 0.6) is 0 Å². The van der Waals surface area contributed by atoms with Gasteiger partial charge in [0.05, 0.1) is 6.20 Å². The maximum atomic E-state index is 12.7. The van der Waals surface area contributed by atoms with Gasteiger partial charge in [-0.05, 0) is 32.8 Å². The van der Waals surface area contributed by atoms with E-state index in [2.05, 4.69) is 19.9 Å². The molecule has 0 spiro atoms. The van der Waals surface area contributed by atoms with E-state index in [-0.39, 0.29) is 17.6 Å². The Morgan fingerprint density at radius 1 is 1.32 bits per heavy atom. The van der Waals surface area contributed by atoms with Crippen molar-refractivity contribution in [2.24, 2.45) is 0 Å². The van der Waals surface area contributed by atoms with E-state index >= 15 is 0 Å². The summed E-state index contributed by atoms with van der Waals surface area (Å²) >= 11 is 0. The molecule has 3 rings (SSSR count). The van der Waals surface area contributed by atoms with Crippen LogP contribution in [0.1, 0.15) is 52.3 Å². The van der Waals surface area contributed by atoms with Gasteiger partial charge in [0.1, 0.15) is 23.0 Å². The van der Waals surface area contributed by atoms with Crippen molar-refractivity contribution < 1.29 is 18.0 Å². The van der Waals surface area contributed by atoms with Crippen molar-refractivity contribution in [1.29, 1.82) is 0 Å². The van der Waals surface area contributed by atoms with Crippen molar-refractivity contribution in [2.75, 3.05) is 13.1 Å². The summed E-state index contributed by atoms with van der Waals surface area (Å²) in [7, 11) is 0. The number of aromatic amines is 1. The molecular weight excluding hydrogens is 335 g/mol. The maximum Gasteiger partial charge on any atom is 0.432 e. The van der Waals surface area contributed by atoms with Gasteiger partial charge in [0.25, 0.3) is 5.91 Å². The first kappa shape index (κ1) is 17.4. The Morgan fingerprint density at radius 2 is 2.08 bits per heavy atom. The summed E-state index contributed by atoms with van der Waals surface area (Å²) in [6.07, 6.45) is -2.28. The Balaban J connectivity index is 1.76. The first-order valence-corrected chi connectivity index (χ1v) is 7.97. The molecule has 1 aliphatic heterocycles. The number of hydrogen-bond donors (Lipinski definition) is 1. The molecule has 1 aliphatic rings. The Bertz CT molecular complexity index is 766. The predicted molar refractivity (Wildman–Crippen MR) is 83.0 cm³/mol. The molecule has 1 atom stereocenters. The van der Waals surface area contributed by atoms with Crippen molar-refractivity contribution in [3.8, 4) is 0 Å². The third-order valence-corrected chi connectivity index (χ3v) is 4.18. The summed E-state index contributed by atoms with van der Waals surface area (Å²) in [6.45, 7) is 4.35. The number of H-pyrrole nitrogens is 1. The largest absolute Gasteiger partial charge is 0.432 e. The Kier molecular flexibility index (Phi) is 4.49. The van der Waals surface area contributed by atoms with E-state index in [1.165, 1.54) is 0 Å². The average Bonchev–Trinajstić information content (AvgIpc) is 3.03. The lowest BCUT2D eigenvalue weighted by Crippen LogP contribution is -2.39. The Morgan fingerprint density at radius 3 is 2.72 bits per heavy atom. The van der Waals surface area contributed by atoms with Crippen LogP contribution in [0.4, 0.5) is 13.2 Å². The van der Waals surface area contributed by atoms with Crippen molar-refractivity contribution >= 4 is 5.91 Å². The summed E-state index contributed by atoms with van der Waals surface area (Å²) in [5.74, 6) is 0.288. The lowest BCUT2D eigenvalue weighted by Gasteiger charge is -2.31. The molecule has 134 valence electrons. The number of carbonyl (C=O) groups excluding carboxylic acids is 1. The number of nitrogens with one attached hydrogen (secondary N) is 1. The van der Waals surface area contributed by atoms with Crippen LogP contribution in [0, 0.1) is 13.8 Å². The molecule has 0 aliphatic carbocycles. The number of rotatable bonds is 2. The van der Waals surface area contributed by atoms with Crippen LogP contribution in [0.15, 0.2) is 12.3 Å². The first-order valence-electron chi connectivity index (χ1n) is 7.97. The van der Waals surface area contributed by atoms with Gasteiger partial charge in [-0.2, -0.15) is 13.2 Å². The van der Waals surface area contributed by atoms with E-state index in [1.807, 2.05) is 0 Å². The number of hydrogen-bond acceptors (Lipinski definition) is 4. The highest BCUT2D eigenvalue weighted by molar-refractivity contribution is 5.92. The monoisotopic (exact) mass is 353 g/mol. The van der Waals surface area contributed by atoms with Crippen LogP contribution in [0.3, 0.4) is 0 Å². The molecular formula is C16H18F3N5O. The van der Waals surface area contributed by atoms with Crippen molar-refractivity contribution in [3.63, 3.8) is 0 Å². The fourth-order valence-corrected chi connectivity index (χ4v) is 3.06. The van der Waals surface area contributed by atoms with Crippen molar-refractivity contribution in [2.45, 2.75) is 38.8 Å². The smallest absolute Gasteiger partial charge is 0.338 e. The molecule has 9 heteroatoms. The Hall–Kier alpha value is -2.45. The molecule has 0 bridgehead atoms. The predicted octanol–water partition coefficient (Wildman–Crippen LogP) is 2.86. The van der Waals surface area contributed by atoms with Gasteiger partial charge < -0.3 is 9.88 Å². The molecule has 6 nitrogen and oxygen atoms in total. The standard InChI is InChI=1S/C16H18F3N5O/c1-9-6-12(22-10(2)21-9)15(25)24-5-3-4-11(8-24)14-20-7-13(23-14)16(17,18)19/h6-7,11H,3-5,8H2,1-2H3,(H,20,23). The van der Waals surface area contributed by atoms with Gasteiger partial charge >= 0.3 is 6.18 Å². The van der Waals surface area contributed by atoms with Crippen LogP contribution in [0.2, 0.25) is 0 Å². The summed E-state index contributed by atoms with van der Waals surface area (Å²) in [5.41, 5.74) is 0.138. The molecule has 1 unspecified atom stereocenters. The molecule has 0 aromatic carbocycles. The molecule has 25 heavy (non-hydrogen) atoms. The quantitative estimate of drug-likeness (QED) is 0.901. The number of amides is 1. The third kappa shape index (κ3) is 3.80. The molecule has 1 N–H and O–H groups in total. The molecule has 1 saturated heterocycles. The number of halogens is 3. The van der Waals surface area contributed by atoms with Crippen LogP contribution >= 0.6 is 0 Å². The second-order valence-corrected chi connectivity index (χ2v) is 6.21. The number of likely N-dealkylation sites (tertiary alicyclic amines) is 1. The van der Waals surface area contributed by atoms with Crippen molar-refractivity contribution in [3.05, 3.63) is 41.0 Å². The van der Waals surface area contributed by atoms with E-state index in [1.54, 1.807) is 24.8 Å². The second kappa shape index (κ2) is 6.45. The fraction of sp³-hybridized carbons (Fsp3) is 0.500. The summed E-state index contributed by atoms with van der Waals surface area (Å²) in [6, 6.07) is 1.62. The highest BCUT2D eigenvalue weighted by Gasteiger charge is 2.35. The van der Waals surface area contributed by atoms with Gasteiger partial charge in [-0.15, -0.1) is 0 Å². The molecule has 2 aromatic heterocycles. The van der Waals surface area contributed by atoms with Gasteiger partial charge in [-0.1, -0.05) is 0 Å². The minimum absolute atomic E-state index is 0.235. The van der Waals surface area contributed by atoms with Crippen LogP contribution in [-0.2, 0) is 6.18 Å². The normalized spacial score (nSPS) is 18.4. The number of carbonyl (C=O) groups is 1. The number of imidazole rings is 1. The lowest BCUT2D eigenvalue weighted by molar-refractivity contribution is -0.141. The number of alkyl halides is 3. The van der Waals surface area contributed by atoms with E-state index in [0.29, 0.717) is 43.1 Å². The zero-order chi connectivity index (χ0) is 18.2. The van der Waals surface area contributed by atoms with Gasteiger partial charge in [0, 0.05) is 24.7 Å². The van der Waals surface area contributed by atoms with E-state index < -0.39 is 11.9 Å². The average molecular weight is 353 g/mol. The molecule has 2 aromatic rings. The molecule has 1 amide bonds. The third-order valence-electron chi connectivity index (χ3n) is 4.18. The number of nitrogens with zero attached hydrogens (tertiary/aromatic N) is 4. The van der Waals surface area contributed by atoms with Crippen LogP contribution in [-0.4, -0.2) is 43.8 Å². The summed E-state index contributed by atoms with van der Waals surface area (Å²) in [5, 5.41) is 0. The van der Waals surface area contributed by atoms with E-state index in [0.717, 1.165) is 6.20 Å².